The highest BCUT2D eigenvalue weighted by atomic mass is 32.2. The Morgan fingerprint density at radius 3 is 2.74 bits per heavy atom. The smallest absolute Gasteiger partial charge is 0.152 e. The monoisotopic (exact) mass is 286 g/mol. The molecule has 1 aliphatic rings. The van der Waals surface area contributed by atoms with Crippen LogP contribution in [-0.4, -0.2) is 35.2 Å². The maximum Gasteiger partial charge on any atom is 0.152 e. The zero-order valence-electron chi connectivity index (χ0n) is 11.7. The van der Waals surface area contributed by atoms with Crippen molar-refractivity contribution in [1.29, 1.82) is 0 Å². The van der Waals surface area contributed by atoms with Crippen molar-refractivity contribution in [2.75, 3.05) is 22.6 Å². The number of nitrogen functional groups attached to an aromatic ring is 1. The van der Waals surface area contributed by atoms with Crippen LogP contribution >= 0.6 is 0 Å². The number of rotatable bonds is 4. The van der Waals surface area contributed by atoms with Crippen molar-refractivity contribution in [3.05, 3.63) is 5.69 Å². The topological polar surface area (TPSA) is 90.0 Å². The molecule has 1 aromatic rings. The average Bonchev–Trinajstić information content (AvgIpc) is 2.71. The summed E-state index contributed by atoms with van der Waals surface area (Å²) in [5.74, 6) is 1.13. The molecule has 1 saturated heterocycles. The third-order valence-electron chi connectivity index (χ3n) is 3.53. The fourth-order valence-corrected chi connectivity index (χ4v) is 4.59. The highest BCUT2D eigenvalue weighted by Crippen LogP contribution is 2.31. The standard InChI is InChI=1S/C12H22N4O2S/c1-4-6-16-11(10(13)9(2)15-16)14-12(3)5-7-19(17,18)8-12/h14H,4-8,13H2,1-3H3. The van der Waals surface area contributed by atoms with Crippen molar-refractivity contribution in [2.45, 2.75) is 45.7 Å². The predicted octanol–water partition coefficient (Wildman–Crippen LogP) is 1.17. The number of aryl methyl sites for hydroxylation is 2. The van der Waals surface area contributed by atoms with E-state index in [4.69, 9.17) is 5.73 Å². The minimum absolute atomic E-state index is 0.149. The molecule has 0 radical (unpaired) electrons. The van der Waals surface area contributed by atoms with Crippen molar-refractivity contribution < 1.29 is 8.42 Å². The summed E-state index contributed by atoms with van der Waals surface area (Å²) in [5, 5.41) is 7.70. The van der Waals surface area contributed by atoms with Crippen LogP contribution in [0.25, 0.3) is 0 Å². The number of nitrogens with zero attached hydrogens (tertiary/aromatic N) is 2. The van der Waals surface area contributed by atoms with Gasteiger partial charge in [-0.2, -0.15) is 5.10 Å². The Morgan fingerprint density at radius 1 is 1.53 bits per heavy atom. The predicted molar refractivity (Wildman–Crippen MR) is 77.0 cm³/mol. The van der Waals surface area contributed by atoms with E-state index in [1.165, 1.54) is 0 Å². The number of aromatic nitrogens is 2. The van der Waals surface area contributed by atoms with Gasteiger partial charge in [0, 0.05) is 6.54 Å². The van der Waals surface area contributed by atoms with Crippen LogP contribution in [0.4, 0.5) is 11.5 Å². The molecule has 0 amide bonds. The van der Waals surface area contributed by atoms with Crippen LogP contribution in [0.5, 0.6) is 0 Å². The molecule has 3 N–H and O–H groups in total. The Balaban J connectivity index is 2.28. The highest BCUT2D eigenvalue weighted by Gasteiger charge is 2.39. The van der Waals surface area contributed by atoms with E-state index in [1.807, 2.05) is 18.5 Å². The lowest BCUT2D eigenvalue weighted by Gasteiger charge is -2.26. The summed E-state index contributed by atoms with van der Waals surface area (Å²) in [5.41, 5.74) is 6.98. The number of nitrogens with one attached hydrogen (secondary N) is 1. The van der Waals surface area contributed by atoms with Crippen molar-refractivity contribution in [2.24, 2.45) is 0 Å². The second-order valence-corrected chi connectivity index (χ2v) is 7.78. The molecule has 6 nitrogen and oxygen atoms in total. The lowest BCUT2D eigenvalue weighted by atomic mass is 10.0. The Kier molecular flexibility index (Phi) is 3.51. The lowest BCUT2D eigenvalue weighted by Crippen LogP contribution is -2.37. The van der Waals surface area contributed by atoms with Crippen molar-refractivity contribution >= 4 is 21.3 Å². The van der Waals surface area contributed by atoms with Gasteiger partial charge in [-0.3, -0.25) is 0 Å². The first-order valence-electron chi connectivity index (χ1n) is 6.58. The molecule has 0 aromatic carbocycles. The van der Waals surface area contributed by atoms with Crippen LogP contribution in [0.15, 0.2) is 0 Å². The summed E-state index contributed by atoms with van der Waals surface area (Å²) in [6.07, 6.45) is 1.55. The normalized spacial score (nSPS) is 25.6. The first kappa shape index (κ1) is 14.2. The third-order valence-corrected chi connectivity index (χ3v) is 5.44. The molecule has 0 saturated carbocycles. The molecule has 1 unspecified atom stereocenters. The lowest BCUT2D eigenvalue weighted by molar-refractivity contribution is 0.547. The Morgan fingerprint density at radius 2 is 2.21 bits per heavy atom. The number of hydrogen-bond acceptors (Lipinski definition) is 5. The van der Waals surface area contributed by atoms with Gasteiger partial charge in [0.15, 0.2) is 9.84 Å². The minimum Gasteiger partial charge on any atom is -0.394 e. The zero-order chi connectivity index (χ0) is 14.3. The summed E-state index contributed by atoms with van der Waals surface area (Å²) in [4.78, 5) is 0. The molecular formula is C12H22N4O2S. The summed E-state index contributed by atoms with van der Waals surface area (Å²) in [6, 6.07) is 0. The van der Waals surface area contributed by atoms with Gasteiger partial charge in [0.25, 0.3) is 0 Å². The van der Waals surface area contributed by atoms with Gasteiger partial charge in [0.2, 0.25) is 0 Å². The largest absolute Gasteiger partial charge is 0.394 e. The van der Waals surface area contributed by atoms with Crippen LogP contribution < -0.4 is 11.1 Å². The summed E-state index contributed by atoms with van der Waals surface area (Å²) < 4.78 is 25.1. The first-order valence-corrected chi connectivity index (χ1v) is 8.40. The van der Waals surface area contributed by atoms with Gasteiger partial charge in [-0.05, 0) is 26.7 Å². The fourth-order valence-electron chi connectivity index (χ4n) is 2.50. The van der Waals surface area contributed by atoms with Gasteiger partial charge in [-0.1, -0.05) is 6.92 Å². The van der Waals surface area contributed by atoms with E-state index < -0.39 is 15.4 Å². The first-order chi connectivity index (χ1) is 8.76. The number of sulfone groups is 1. The second-order valence-electron chi connectivity index (χ2n) is 5.60. The molecule has 1 fully saturated rings. The highest BCUT2D eigenvalue weighted by molar-refractivity contribution is 7.91. The van der Waals surface area contributed by atoms with E-state index in [1.54, 1.807) is 0 Å². The molecule has 1 aromatic heterocycles. The number of nitrogens with two attached hydrogens (primary N) is 1. The van der Waals surface area contributed by atoms with Gasteiger partial charge in [-0.25, -0.2) is 13.1 Å². The minimum atomic E-state index is -2.94. The summed E-state index contributed by atoms with van der Waals surface area (Å²) in [7, 11) is -2.94. The van der Waals surface area contributed by atoms with Gasteiger partial charge in [0.1, 0.15) is 5.82 Å². The van der Waals surface area contributed by atoms with Crippen LogP contribution in [0, 0.1) is 6.92 Å². The van der Waals surface area contributed by atoms with E-state index in [0.717, 1.165) is 24.5 Å². The molecule has 2 heterocycles. The maximum atomic E-state index is 11.6. The van der Waals surface area contributed by atoms with Gasteiger partial charge >= 0.3 is 0 Å². The Bertz CT molecular complexity index is 579. The molecule has 1 aliphatic heterocycles. The van der Waals surface area contributed by atoms with Gasteiger partial charge < -0.3 is 11.1 Å². The number of hydrogen-bond donors (Lipinski definition) is 2. The van der Waals surface area contributed by atoms with Crippen molar-refractivity contribution in [3.63, 3.8) is 0 Å². The van der Waals surface area contributed by atoms with Crippen LogP contribution in [0.1, 0.15) is 32.4 Å². The molecule has 0 bridgehead atoms. The summed E-state index contributed by atoms with van der Waals surface area (Å²) in [6.45, 7) is 6.62. The zero-order valence-corrected chi connectivity index (χ0v) is 12.5. The van der Waals surface area contributed by atoms with Gasteiger partial charge in [0.05, 0.1) is 28.4 Å². The van der Waals surface area contributed by atoms with E-state index in [2.05, 4.69) is 17.3 Å². The van der Waals surface area contributed by atoms with Crippen molar-refractivity contribution in [3.8, 4) is 0 Å². The Hall–Kier alpha value is -1.24. The van der Waals surface area contributed by atoms with E-state index in [-0.39, 0.29) is 11.5 Å². The van der Waals surface area contributed by atoms with Crippen LogP contribution in [-0.2, 0) is 16.4 Å². The van der Waals surface area contributed by atoms with Gasteiger partial charge in [-0.15, -0.1) is 0 Å². The molecule has 19 heavy (non-hydrogen) atoms. The quantitative estimate of drug-likeness (QED) is 0.867. The molecule has 2 rings (SSSR count). The van der Waals surface area contributed by atoms with Crippen LogP contribution in [0.3, 0.4) is 0 Å². The molecule has 108 valence electrons. The van der Waals surface area contributed by atoms with E-state index >= 15 is 0 Å². The maximum absolute atomic E-state index is 11.6. The summed E-state index contributed by atoms with van der Waals surface area (Å²) >= 11 is 0. The Labute approximate surface area is 114 Å². The van der Waals surface area contributed by atoms with E-state index in [9.17, 15) is 8.42 Å². The average molecular weight is 286 g/mol. The fraction of sp³-hybridized carbons (Fsp3) is 0.750. The second kappa shape index (κ2) is 4.70. The SMILES string of the molecule is CCCn1nc(C)c(N)c1NC1(C)CCS(=O)(=O)C1. The molecule has 1 atom stereocenters. The number of anilines is 2. The van der Waals surface area contributed by atoms with Crippen molar-refractivity contribution in [1.82, 2.24) is 9.78 Å². The van der Waals surface area contributed by atoms with Crippen LogP contribution in [0.2, 0.25) is 0 Å². The third kappa shape index (κ3) is 2.86. The molecule has 7 heteroatoms. The van der Waals surface area contributed by atoms with E-state index in [0.29, 0.717) is 12.1 Å². The molecule has 0 spiro atoms. The molecule has 0 aliphatic carbocycles. The molecular weight excluding hydrogens is 264 g/mol.